The Morgan fingerprint density at radius 2 is 1.94 bits per heavy atom. The number of hydrogen-bond donors (Lipinski definition) is 2. The number of carbonyl (C=O) groups is 1. The summed E-state index contributed by atoms with van der Waals surface area (Å²) in [6.07, 6.45) is 7.25. The summed E-state index contributed by atoms with van der Waals surface area (Å²) in [6.45, 7) is 4.60. The average Bonchev–Trinajstić information content (AvgIpc) is 3.47. The molecule has 4 aromatic rings. The van der Waals surface area contributed by atoms with Gasteiger partial charge in [-0.3, -0.25) is 10.4 Å². The largest absolute Gasteiger partial charge is 0.494 e. The van der Waals surface area contributed by atoms with E-state index in [9.17, 15) is 4.79 Å². The maximum atomic E-state index is 12.4. The predicted octanol–water partition coefficient (Wildman–Crippen LogP) is 7.17. The van der Waals surface area contributed by atoms with Crippen LogP contribution in [0.25, 0.3) is 33.4 Å². The molecule has 2 saturated carbocycles. The zero-order chi connectivity index (χ0) is 24.6. The number of benzene rings is 2. The van der Waals surface area contributed by atoms with Crippen molar-refractivity contribution in [2.45, 2.75) is 58.1 Å². The Balaban J connectivity index is 1.41. The number of amides is 1. The lowest BCUT2D eigenvalue weighted by Crippen LogP contribution is -2.21. The van der Waals surface area contributed by atoms with Crippen LogP contribution in [0.5, 0.6) is 5.75 Å². The third-order valence-electron chi connectivity index (χ3n) is 7.47. The normalized spacial score (nSPS) is 16.5. The molecule has 7 nitrogen and oxygen atoms in total. The number of fused-ring (bicyclic) bond motifs is 1. The van der Waals surface area contributed by atoms with Gasteiger partial charge in [-0.15, -0.1) is 0 Å². The monoisotopic (exact) mass is 484 g/mol. The summed E-state index contributed by atoms with van der Waals surface area (Å²) < 4.78 is 13.9. The quantitative estimate of drug-likeness (QED) is 0.278. The fourth-order valence-electron chi connectivity index (χ4n) is 5.20. The molecule has 2 aliphatic carbocycles. The highest BCUT2D eigenvalue weighted by Gasteiger charge is 2.31. The molecule has 7 heteroatoms. The lowest BCUT2D eigenvalue weighted by molar-refractivity contribution is 0.108. The minimum Gasteiger partial charge on any atom is -0.494 e. The van der Waals surface area contributed by atoms with Crippen LogP contribution in [-0.4, -0.2) is 33.6 Å². The predicted molar refractivity (Wildman–Crippen MR) is 141 cm³/mol. The first kappa shape index (κ1) is 22.7. The van der Waals surface area contributed by atoms with E-state index in [0.29, 0.717) is 18.6 Å². The Labute approximate surface area is 210 Å². The van der Waals surface area contributed by atoms with Crippen LogP contribution in [-0.2, 0) is 4.74 Å². The van der Waals surface area contributed by atoms with Crippen LogP contribution in [0.3, 0.4) is 0 Å². The summed E-state index contributed by atoms with van der Waals surface area (Å²) in [5.41, 5.74) is 6.14. The first-order valence-electron chi connectivity index (χ1n) is 13.0. The molecule has 0 saturated heterocycles. The number of ether oxygens (including phenoxy) is 2. The van der Waals surface area contributed by atoms with Crippen LogP contribution >= 0.6 is 0 Å². The first-order chi connectivity index (χ1) is 17.6. The van der Waals surface area contributed by atoms with Gasteiger partial charge >= 0.3 is 6.09 Å². The van der Waals surface area contributed by atoms with Crippen molar-refractivity contribution in [3.63, 3.8) is 0 Å². The van der Waals surface area contributed by atoms with E-state index in [-0.39, 0.29) is 6.10 Å². The van der Waals surface area contributed by atoms with Crippen molar-refractivity contribution in [3.05, 3.63) is 54.7 Å². The van der Waals surface area contributed by atoms with Gasteiger partial charge in [-0.2, -0.15) is 5.10 Å². The smallest absolute Gasteiger partial charge is 0.411 e. The highest BCUT2D eigenvalue weighted by atomic mass is 16.6. The number of nitrogens with zero attached hydrogens (tertiary/aromatic N) is 2. The zero-order valence-electron chi connectivity index (χ0n) is 20.8. The third-order valence-corrected chi connectivity index (χ3v) is 7.47. The van der Waals surface area contributed by atoms with Crippen LogP contribution < -0.4 is 10.1 Å². The van der Waals surface area contributed by atoms with Gasteiger partial charge in [0.05, 0.1) is 23.5 Å². The van der Waals surface area contributed by atoms with Crippen molar-refractivity contribution in [3.8, 4) is 28.3 Å². The molecule has 1 atom stereocenters. The number of aromatic amines is 1. The molecule has 2 aromatic heterocycles. The van der Waals surface area contributed by atoms with Crippen LogP contribution in [0.4, 0.5) is 10.5 Å². The molecular formula is C29H32N4O3. The van der Waals surface area contributed by atoms with Gasteiger partial charge in [0.25, 0.3) is 0 Å². The highest BCUT2D eigenvalue weighted by Crippen LogP contribution is 2.47. The van der Waals surface area contributed by atoms with E-state index in [0.717, 1.165) is 65.0 Å². The fraction of sp³-hybridized carbons (Fsp3) is 0.379. The second kappa shape index (κ2) is 9.37. The summed E-state index contributed by atoms with van der Waals surface area (Å²) >= 11 is 0. The third kappa shape index (κ3) is 4.23. The van der Waals surface area contributed by atoms with Crippen molar-refractivity contribution in [1.82, 2.24) is 14.8 Å². The Kier molecular flexibility index (Phi) is 5.91. The summed E-state index contributed by atoms with van der Waals surface area (Å²) in [5, 5.41) is 11.6. The van der Waals surface area contributed by atoms with Crippen molar-refractivity contribution in [2.75, 3.05) is 11.9 Å². The Bertz CT molecular complexity index is 1370. The van der Waals surface area contributed by atoms with E-state index < -0.39 is 6.09 Å². The van der Waals surface area contributed by atoms with Gasteiger partial charge in [0.15, 0.2) is 0 Å². The molecule has 6 rings (SSSR count). The minimum atomic E-state index is -0.397. The average molecular weight is 485 g/mol. The van der Waals surface area contributed by atoms with Gasteiger partial charge in [-0.1, -0.05) is 12.1 Å². The lowest BCUT2D eigenvalue weighted by atomic mass is 9.92. The number of hydrogen-bond acceptors (Lipinski definition) is 4. The van der Waals surface area contributed by atoms with Gasteiger partial charge in [0, 0.05) is 34.9 Å². The molecule has 1 unspecified atom stereocenters. The van der Waals surface area contributed by atoms with E-state index in [1.165, 1.54) is 11.9 Å². The van der Waals surface area contributed by atoms with E-state index in [2.05, 4.69) is 44.3 Å². The number of nitrogens with one attached hydrogen (secondary N) is 2. The maximum absolute atomic E-state index is 12.4. The van der Waals surface area contributed by atoms with Gasteiger partial charge < -0.3 is 14.0 Å². The number of rotatable bonds is 8. The van der Waals surface area contributed by atoms with Crippen LogP contribution in [0.2, 0.25) is 0 Å². The first-order valence-corrected chi connectivity index (χ1v) is 13.0. The molecule has 2 N–H and O–H groups in total. The molecule has 0 radical (unpaired) electrons. The molecule has 2 fully saturated rings. The molecule has 1 amide bonds. The van der Waals surface area contributed by atoms with Crippen LogP contribution in [0.15, 0.2) is 54.7 Å². The molecule has 0 bridgehead atoms. The number of H-pyrrole nitrogens is 1. The summed E-state index contributed by atoms with van der Waals surface area (Å²) in [5.74, 6) is 1.39. The van der Waals surface area contributed by atoms with Gasteiger partial charge in [-0.25, -0.2) is 4.79 Å². The Morgan fingerprint density at radius 1 is 1.14 bits per heavy atom. The maximum Gasteiger partial charge on any atom is 0.411 e. The second-order valence-electron chi connectivity index (χ2n) is 9.90. The zero-order valence-corrected chi connectivity index (χ0v) is 20.8. The van der Waals surface area contributed by atoms with Gasteiger partial charge in [0.1, 0.15) is 11.9 Å². The molecular weight excluding hydrogens is 452 g/mol. The second-order valence-corrected chi connectivity index (χ2v) is 9.90. The van der Waals surface area contributed by atoms with E-state index in [4.69, 9.17) is 9.47 Å². The van der Waals surface area contributed by atoms with E-state index in [1.807, 2.05) is 44.3 Å². The van der Waals surface area contributed by atoms with Crippen molar-refractivity contribution < 1.29 is 14.3 Å². The molecule has 36 heavy (non-hydrogen) atoms. The van der Waals surface area contributed by atoms with E-state index in [1.54, 1.807) is 0 Å². The Morgan fingerprint density at radius 3 is 2.58 bits per heavy atom. The van der Waals surface area contributed by atoms with Crippen molar-refractivity contribution in [2.24, 2.45) is 5.92 Å². The minimum absolute atomic E-state index is 0.0413. The molecule has 2 aromatic carbocycles. The van der Waals surface area contributed by atoms with Gasteiger partial charge in [-0.05, 0) is 87.8 Å². The Hall–Kier alpha value is -3.74. The van der Waals surface area contributed by atoms with Crippen LogP contribution in [0.1, 0.15) is 52.0 Å². The van der Waals surface area contributed by atoms with E-state index >= 15 is 0 Å². The fourth-order valence-corrected chi connectivity index (χ4v) is 5.20. The topological polar surface area (TPSA) is 81.2 Å². The molecule has 2 aliphatic rings. The highest BCUT2D eigenvalue weighted by molar-refractivity contribution is 6.04. The van der Waals surface area contributed by atoms with Crippen molar-refractivity contribution in [1.29, 1.82) is 0 Å². The summed E-state index contributed by atoms with van der Waals surface area (Å²) in [7, 11) is 0. The number of aromatic nitrogens is 3. The molecule has 0 spiro atoms. The number of carbonyl (C=O) groups excluding carboxylic acids is 1. The summed E-state index contributed by atoms with van der Waals surface area (Å²) in [6, 6.07) is 16.8. The van der Waals surface area contributed by atoms with Gasteiger partial charge in [0.2, 0.25) is 0 Å². The molecule has 0 aliphatic heterocycles. The standard InChI is InChI=1S/C29H32N4O3/c1-3-35-23-13-14-24-26(17-23)33(22-5-4-6-22)28(27(24)25-15-16-30-32-25)20-9-11-21(12-10-20)31-29(34)36-18(2)19-7-8-19/h9-19,22H,3-8H2,1-2H3,(H,30,32)(H,31,34). The molecule has 186 valence electrons. The van der Waals surface area contributed by atoms with Crippen LogP contribution in [0, 0.1) is 5.92 Å². The molecule has 2 heterocycles. The number of anilines is 1. The van der Waals surface area contributed by atoms with Crippen molar-refractivity contribution >= 4 is 22.7 Å². The summed E-state index contributed by atoms with van der Waals surface area (Å²) in [4.78, 5) is 12.4. The lowest BCUT2D eigenvalue weighted by Gasteiger charge is -2.30. The SMILES string of the molecule is CCOc1ccc2c(-c3cc[nH]n3)c(-c3ccc(NC(=O)OC(C)C4CC4)cc3)n(C3CCC3)c2c1.